The molecule has 126 valence electrons. The molecule has 0 fully saturated rings. The van der Waals surface area contributed by atoms with Crippen molar-refractivity contribution in [2.45, 2.75) is 19.8 Å². The first kappa shape index (κ1) is 17.6. The number of carbonyl (C=O) groups is 1. The lowest BCUT2D eigenvalue weighted by Gasteiger charge is -2.08. The second-order valence-electron chi connectivity index (χ2n) is 5.69. The second kappa shape index (κ2) is 8.20. The number of hydrogen-bond donors (Lipinski definition) is 1. The number of hydrogen-bond acceptors (Lipinski definition) is 4. The third kappa shape index (κ3) is 4.38. The monoisotopic (exact) mass is 325 g/mol. The first-order valence-electron chi connectivity index (χ1n) is 7.84. The Hall–Kier alpha value is -2.75. The van der Waals surface area contributed by atoms with Crippen molar-refractivity contribution in [3.05, 3.63) is 65.9 Å². The van der Waals surface area contributed by atoms with Gasteiger partial charge in [0.1, 0.15) is 0 Å². The number of ether oxygens (including phenoxy) is 2. The van der Waals surface area contributed by atoms with Gasteiger partial charge >= 0.3 is 0 Å². The summed E-state index contributed by atoms with van der Waals surface area (Å²) in [5.74, 6) is 1.53. The van der Waals surface area contributed by atoms with Gasteiger partial charge in [-0.3, -0.25) is 4.79 Å². The predicted molar refractivity (Wildman–Crippen MR) is 97.2 cm³/mol. The highest BCUT2D eigenvalue weighted by molar-refractivity contribution is 6.05. The summed E-state index contributed by atoms with van der Waals surface area (Å²) in [7, 11) is 3.11. The van der Waals surface area contributed by atoms with Crippen LogP contribution < -0.4 is 14.8 Å². The molecule has 0 bridgehead atoms. The minimum absolute atomic E-state index is 0.109. The fourth-order valence-corrected chi connectivity index (χ4v) is 2.26. The molecule has 2 aromatic carbocycles. The molecular weight excluding hydrogens is 302 g/mol. The molecule has 0 aromatic heterocycles. The van der Waals surface area contributed by atoms with E-state index in [0.717, 1.165) is 5.69 Å². The van der Waals surface area contributed by atoms with E-state index < -0.39 is 0 Å². The number of rotatable bonds is 7. The van der Waals surface area contributed by atoms with Crippen LogP contribution in [0.15, 0.2) is 54.7 Å². The average Bonchev–Trinajstić information content (AvgIpc) is 2.61. The van der Waals surface area contributed by atoms with Crippen LogP contribution >= 0.6 is 0 Å². The summed E-state index contributed by atoms with van der Waals surface area (Å²) in [5, 5.41) is 3.11. The first-order valence-corrected chi connectivity index (χ1v) is 7.84. The lowest BCUT2D eigenvalue weighted by molar-refractivity contribution is 0.104. The van der Waals surface area contributed by atoms with Gasteiger partial charge in [0.25, 0.3) is 0 Å². The van der Waals surface area contributed by atoms with E-state index in [4.69, 9.17) is 9.47 Å². The SMILES string of the molecule is COc1ccc(C(=O)/C=C/Nc2ccc(C(C)C)cc2)cc1OC. The van der Waals surface area contributed by atoms with Crippen molar-refractivity contribution >= 4 is 11.5 Å². The smallest absolute Gasteiger partial charge is 0.187 e. The molecule has 0 radical (unpaired) electrons. The zero-order chi connectivity index (χ0) is 17.5. The van der Waals surface area contributed by atoms with E-state index in [-0.39, 0.29) is 5.78 Å². The van der Waals surface area contributed by atoms with Gasteiger partial charge in [0.15, 0.2) is 17.3 Å². The molecule has 0 saturated carbocycles. The highest BCUT2D eigenvalue weighted by atomic mass is 16.5. The van der Waals surface area contributed by atoms with E-state index >= 15 is 0 Å². The molecule has 0 atom stereocenters. The van der Waals surface area contributed by atoms with Gasteiger partial charge < -0.3 is 14.8 Å². The molecule has 4 heteroatoms. The molecule has 0 heterocycles. The molecule has 0 amide bonds. The van der Waals surface area contributed by atoms with Crippen molar-refractivity contribution < 1.29 is 14.3 Å². The summed E-state index contributed by atoms with van der Waals surface area (Å²) < 4.78 is 10.4. The Balaban J connectivity index is 2.02. The van der Waals surface area contributed by atoms with E-state index in [1.807, 2.05) is 12.1 Å². The Bertz CT molecular complexity index is 718. The van der Waals surface area contributed by atoms with Crippen LogP contribution in [0, 0.1) is 0 Å². The average molecular weight is 325 g/mol. The summed E-state index contributed by atoms with van der Waals surface area (Å²) in [6.07, 6.45) is 3.14. The molecule has 0 spiro atoms. The highest BCUT2D eigenvalue weighted by Gasteiger charge is 2.08. The number of allylic oxidation sites excluding steroid dienone is 1. The zero-order valence-corrected chi connectivity index (χ0v) is 14.5. The molecule has 1 N–H and O–H groups in total. The van der Waals surface area contributed by atoms with Crippen LogP contribution in [-0.4, -0.2) is 20.0 Å². The fourth-order valence-electron chi connectivity index (χ4n) is 2.26. The Labute approximate surface area is 143 Å². The van der Waals surface area contributed by atoms with Crippen molar-refractivity contribution in [3.8, 4) is 11.5 Å². The van der Waals surface area contributed by atoms with Crippen molar-refractivity contribution in [3.63, 3.8) is 0 Å². The molecule has 0 saturated heterocycles. The summed E-state index contributed by atoms with van der Waals surface area (Å²) in [4.78, 5) is 12.2. The maximum Gasteiger partial charge on any atom is 0.187 e. The van der Waals surface area contributed by atoms with Gasteiger partial charge in [0, 0.05) is 23.5 Å². The van der Waals surface area contributed by atoms with Gasteiger partial charge in [-0.1, -0.05) is 26.0 Å². The minimum atomic E-state index is -0.109. The topological polar surface area (TPSA) is 47.6 Å². The van der Waals surface area contributed by atoms with Gasteiger partial charge in [0.05, 0.1) is 14.2 Å². The summed E-state index contributed by atoms with van der Waals surface area (Å²) in [6, 6.07) is 13.3. The number of methoxy groups -OCH3 is 2. The number of nitrogens with one attached hydrogen (secondary N) is 1. The van der Waals surface area contributed by atoms with Crippen molar-refractivity contribution in [1.82, 2.24) is 0 Å². The third-order valence-electron chi connectivity index (χ3n) is 3.73. The molecule has 0 aliphatic rings. The molecule has 2 aromatic rings. The number of ketones is 1. The van der Waals surface area contributed by atoms with E-state index in [1.165, 1.54) is 11.6 Å². The van der Waals surface area contributed by atoms with Crippen molar-refractivity contribution in [2.24, 2.45) is 0 Å². The van der Waals surface area contributed by atoms with Crippen LogP contribution in [0.25, 0.3) is 0 Å². The molecular formula is C20H23NO3. The highest BCUT2D eigenvalue weighted by Crippen LogP contribution is 2.27. The van der Waals surface area contributed by atoms with E-state index in [9.17, 15) is 4.79 Å². The molecule has 0 unspecified atom stereocenters. The fraction of sp³-hybridized carbons (Fsp3) is 0.250. The second-order valence-corrected chi connectivity index (χ2v) is 5.69. The van der Waals surface area contributed by atoms with Crippen molar-refractivity contribution in [2.75, 3.05) is 19.5 Å². The lowest BCUT2D eigenvalue weighted by atomic mass is 10.0. The Morgan fingerprint density at radius 2 is 1.67 bits per heavy atom. The molecule has 24 heavy (non-hydrogen) atoms. The molecule has 0 aliphatic carbocycles. The van der Waals surface area contributed by atoms with Gasteiger partial charge in [-0.05, 0) is 41.8 Å². The zero-order valence-electron chi connectivity index (χ0n) is 14.5. The van der Waals surface area contributed by atoms with E-state index in [2.05, 4.69) is 31.3 Å². The maximum atomic E-state index is 12.2. The largest absolute Gasteiger partial charge is 0.493 e. The normalized spacial score (nSPS) is 10.9. The molecule has 4 nitrogen and oxygen atoms in total. The van der Waals surface area contributed by atoms with Gasteiger partial charge in [-0.25, -0.2) is 0 Å². The number of anilines is 1. The van der Waals surface area contributed by atoms with Crippen LogP contribution in [0.3, 0.4) is 0 Å². The summed E-state index contributed by atoms with van der Waals surface area (Å²) in [5.41, 5.74) is 2.77. The Morgan fingerprint density at radius 3 is 2.25 bits per heavy atom. The molecule has 0 aliphatic heterocycles. The van der Waals surface area contributed by atoms with E-state index in [0.29, 0.717) is 23.0 Å². The van der Waals surface area contributed by atoms with Gasteiger partial charge in [0.2, 0.25) is 0 Å². The van der Waals surface area contributed by atoms with Crippen LogP contribution in [-0.2, 0) is 0 Å². The predicted octanol–water partition coefficient (Wildman–Crippen LogP) is 4.64. The third-order valence-corrected chi connectivity index (χ3v) is 3.73. The lowest BCUT2D eigenvalue weighted by Crippen LogP contribution is -1.98. The Morgan fingerprint density at radius 1 is 1.00 bits per heavy atom. The summed E-state index contributed by atoms with van der Waals surface area (Å²) >= 11 is 0. The summed E-state index contributed by atoms with van der Waals surface area (Å²) in [6.45, 7) is 4.31. The number of benzene rings is 2. The van der Waals surface area contributed by atoms with Crippen molar-refractivity contribution in [1.29, 1.82) is 0 Å². The van der Waals surface area contributed by atoms with Crippen LogP contribution in [0.5, 0.6) is 11.5 Å². The minimum Gasteiger partial charge on any atom is -0.493 e. The quantitative estimate of drug-likeness (QED) is 0.595. The first-order chi connectivity index (χ1) is 11.5. The Kier molecular flexibility index (Phi) is 6.01. The van der Waals surface area contributed by atoms with Gasteiger partial charge in [-0.15, -0.1) is 0 Å². The van der Waals surface area contributed by atoms with Crippen LogP contribution in [0.1, 0.15) is 35.7 Å². The number of carbonyl (C=O) groups excluding carboxylic acids is 1. The molecule has 2 rings (SSSR count). The maximum absolute atomic E-state index is 12.2. The van der Waals surface area contributed by atoms with Crippen LogP contribution in [0.4, 0.5) is 5.69 Å². The standard InChI is InChI=1S/C20H23NO3/c1-14(2)15-5-8-17(9-6-15)21-12-11-18(22)16-7-10-19(23-3)20(13-16)24-4/h5-14,21H,1-4H3/b12-11+. The van der Waals surface area contributed by atoms with Crippen LogP contribution in [0.2, 0.25) is 0 Å². The van der Waals surface area contributed by atoms with E-state index in [1.54, 1.807) is 38.6 Å². The van der Waals surface area contributed by atoms with Gasteiger partial charge in [-0.2, -0.15) is 0 Å².